The molecule has 1 aliphatic rings. The standard InChI is InChI=1S/C21H26N2O2/c1-16(2)25-20-9-7-19(8-10-20)22-21(24)12-14-23-13-11-17-5-3-4-6-18(17)15-23/h3-10,16H,11-15H2,1-2H3,(H,22,24). The van der Waals surface area contributed by atoms with Gasteiger partial charge in [0.15, 0.2) is 0 Å². The van der Waals surface area contributed by atoms with Crippen molar-refractivity contribution in [1.82, 2.24) is 4.90 Å². The van der Waals surface area contributed by atoms with Crippen LogP contribution in [-0.4, -0.2) is 30.0 Å². The highest BCUT2D eigenvalue weighted by molar-refractivity contribution is 5.90. The Kier molecular flexibility index (Phi) is 5.71. The highest BCUT2D eigenvalue weighted by atomic mass is 16.5. The van der Waals surface area contributed by atoms with Crippen LogP contribution in [0.5, 0.6) is 5.75 Å². The average Bonchev–Trinajstić information content (AvgIpc) is 2.61. The van der Waals surface area contributed by atoms with Gasteiger partial charge in [-0.1, -0.05) is 24.3 Å². The van der Waals surface area contributed by atoms with Crippen molar-refractivity contribution < 1.29 is 9.53 Å². The fraction of sp³-hybridized carbons (Fsp3) is 0.381. The largest absolute Gasteiger partial charge is 0.491 e. The summed E-state index contributed by atoms with van der Waals surface area (Å²) in [6.45, 7) is 6.73. The van der Waals surface area contributed by atoms with Crippen LogP contribution in [0.3, 0.4) is 0 Å². The third kappa shape index (κ3) is 5.07. The molecule has 1 N–H and O–H groups in total. The second-order valence-electron chi connectivity index (χ2n) is 6.78. The molecule has 0 spiro atoms. The number of benzene rings is 2. The molecular weight excluding hydrogens is 312 g/mol. The molecule has 0 unspecified atom stereocenters. The number of rotatable bonds is 6. The Morgan fingerprint density at radius 1 is 1.12 bits per heavy atom. The molecule has 1 aliphatic heterocycles. The molecule has 0 radical (unpaired) electrons. The summed E-state index contributed by atoms with van der Waals surface area (Å²) in [6, 6.07) is 16.1. The number of anilines is 1. The van der Waals surface area contributed by atoms with E-state index in [-0.39, 0.29) is 12.0 Å². The van der Waals surface area contributed by atoms with Gasteiger partial charge in [-0.3, -0.25) is 9.69 Å². The van der Waals surface area contributed by atoms with Gasteiger partial charge in [-0.2, -0.15) is 0 Å². The monoisotopic (exact) mass is 338 g/mol. The van der Waals surface area contributed by atoms with E-state index in [9.17, 15) is 4.79 Å². The van der Waals surface area contributed by atoms with Gasteiger partial charge >= 0.3 is 0 Å². The normalized spacial score (nSPS) is 14.2. The van der Waals surface area contributed by atoms with Gasteiger partial charge in [-0.25, -0.2) is 0 Å². The summed E-state index contributed by atoms with van der Waals surface area (Å²) < 4.78 is 5.61. The number of fused-ring (bicyclic) bond motifs is 1. The summed E-state index contributed by atoms with van der Waals surface area (Å²) in [6.07, 6.45) is 1.72. The topological polar surface area (TPSA) is 41.6 Å². The van der Waals surface area contributed by atoms with Gasteiger partial charge in [0.05, 0.1) is 6.10 Å². The zero-order chi connectivity index (χ0) is 17.6. The number of nitrogens with one attached hydrogen (secondary N) is 1. The number of ether oxygens (including phenoxy) is 1. The van der Waals surface area contributed by atoms with Crippen LogP contribution in [0.1, 0.15) is 31.4 Å². The lowest BCUT2D eigenvalue weighted by atomic mass is 10.00. The molecule has 0 fully saturated rings. The summed E-state index contributed by atoms with van der Waals surface area (Å²) in [4.78, 5) is 14.5. The molecule has 0 saturated heterocycles. The lowest BCUT2D eigenvalue weighted by Gasteiger charge is -2.28. The van der Waals surface area contributed by atoms with Crippen molar-refractivity contribution in [1.29, 1.82) is 0 Å². The molecule has 2 aromatic rings. The lowest BCUT2D eigenvalue weighted by Crippen LogP contribution is -2.33. The van der Waals surface area contributed by atoms with Gasteiger partial charge in [0.1, 0.15) is 5.75 Å². The van der Waals surface area contributed by atoms with Gasteiger partial charge in [0.25, 0.3) is 0 Å². The predicted molar refractivity (Wildman–Crippen MR) is 101 cm³/mol. The molecule has 3 rings (SSSR count). The minimum atomic E-state index is 0.0522. The Hall–Kier alpha value is -2.33. The Labute approximate surface area is 149 Å². The van der Waals surface area contributed by atoms with Crippen LogP contribution in [0.15, 0.2) is 48.5 Å². The molecule has 4 nitrogen and oxygen atoms in total. The summed E-state index contributed by atoms with van der Waals surface area (Å²) in [5.74, 6) is 0.872. The molecule has 0 atom stereocenters. The molecule has 0 bridgehead atoms. The van der Waals surface area contributed by atoms with Crippen molar-refractivity contribution in [3.63, 3.8) is 0 Å². The van der Waals surface area contributed by atoms with E-state index >= 15 is 0 Å². The lowest BCUT2D eigenvalue weighted by molar-refractivity contribution is -0.116. The molecule has 1 amide bonds. The molecule has 1 heterocycles. The first-order valence-corrected chi connectivity index (χ1v) is 8.96. The first-order chi connectivity index (χ1) is 12.1. The van der Waals surface area contributed by atoms with E-state index in [4.69, 9.17) is 4.74 Å². The number of carbonyl (C=O) groups is 1. The second kappa shape index (κ2) is 8.17. The van der Waals surface area contributed by atoms with Gasteiger partial charge in [0, 0.05) is 31.7 Å². The second-order valence-corrected chi connectivity index (χ2v) is 6.78. The van der Waals surface area contributed by atoms with Crippen LogP contribution in [0, 0.1) is 0 Å². The van der Waals surface area contributed by atoms with Crippen molar-refractivity contribution in [2.24, 2.45) is 0 Å². The highest BCUT2D eigenvalue weighted by Crippen LogP contribution is 2.19. The molecule has 4 heteroatoms. The van der Waals surface area contributed by atoms with E-state index in [0.717, 1.165) is 37.5 Å². The van der Waals surface area contributed by atoms with Crippen molar-refractivity contribution >= 4 is 11.6 Å². The SMILES string of the molecule is CC(C)Oc1ccc(NC(=O)CCN2CCc3ccccc3C2)cc1. The number of nitrogens with zero attached hydrogens (tertiary/aromatic N) is 1. The van der Waals surface area contributed by atoms with Crippen LogP contribution in [0.4, 0.5) is 5.69 Å². The van der Waals surface area contributed by atoms with Gasteiger partial charge in [-0.05, 0) is 55.7 Å². The van der Waals surface area contributed by atoms with E-state index < -0.39 is 0 Å². The molecule has 2 aromatic carbocycles. The van der Waals surface area contributed by atoms with Gasteiger partial charge in [0.2, 0.25) is 5.91 Å². The molecule has 0 aromatic heterocycles. The Morgan fingerprint density at radius 3 is 2.56 bits per heavy atom. The van der Waals surface area contributed by atoms with Crippen LogP contribution < -0.4 is 10.1 Å². The zero-order valence-electron chi connectivity index (χ0n) is 15.0. The van der Waals surface area contributed by atoms with Crippen molar-refractivity contribution in [3.05, 3.63) is 59.7 Å². The van der Waals surface area contributed by atoms with Crippen molar-refractivity contribution in [2.75, 3.05) is 18.4 Å². The van der Waals surface area contributed by atoms with E-state index in [1.165, 1.54) is 11.1 Å². The molecular formula is C21H26N2O2. The molecule has 25 heavy (non-hydrogen) atoms. The maximum absolute atomic E-state index is 12.2. The van der Waals surface area contributed by atoms with E-state index in [1.807, 2.05) is 38.1 Å². The predicted octanol–water partition coefficient (Wildman–Crippen LogP) is 3.86. The third-order valence-electron chi connectivity index (χ3n) is 4.37. The maximum Gasteiger partial charge on any atom is 0.225 e. The van der Waals surface area contributed by atoms with E-state index in [2.05, 4.69) is 34.5 Å². The summed E-state index contributed by atoms with van der Waals surface area (Å²) >= 11 is 0. The fourth-order valence-electron chi connectivity index (χ4n) is 3.12. The third-order valence-corrected chi connectivity index (χ3v) is 4.37. The minimum Gasteiger partial charge on any atom is -0.491 e. The fourth-order valence-corrected chi connectivity index (χ4v) is 3.12. The molecule has 0 aliphatic carbocycles. The maximum atomic E-state index is 12.2. The van der Waals surface area contributed by atoms with Crippen molar-refractivity contribution in [2.45, 2.75) is 39.3 Å². The molecule has 132 valence electrons. The Bertz CT molecular complexity index is 710. The van der Waals surface area contributed by atoms with Gasteiger partial charge < -0.3 is 10.1 Å². The average molecular weight is 338 g/mol. The summed E-state index contributed by atoms with van der Waals surface area (Å²) in [5.41, 5.74) is 3.63. The quantitative estimate of drug-likeness (QED) is 0.869. The van der Waals surface area contributed by atoms with E-state index in [0.29, 0.717) is 6.42 Å². The number of carbonyl (C=O) groups excluding carboxylic acids is 1. The Morgan fingerprint density at radius 2 is 1.84 bits per heavy atom. The van der Waals surface area contributed by atoms with Gasteiger partial charge in [-0.15, -0.1) is 0 Å². The number of hydrogen-bond donors (Lipinski definition) is 1. The zero-order valence-corrected chi connectivity index (χ0v) is 15.0. The first-order valence-electron chi connectivity index (χ1n) is 8.96. The summed E-state index contributed by atoms with van der Waals surface area (Å²) in [5, 5.41) is 2.96. The van der Waals surface area contributed by atoms with Crippen molar-refractivity contribution in [3.8, 4) is 5.75 Å². The van der Waals surface area contributed by atoms with Crippen LogP contribution in [0.25, 0.3) is 0 Å². The van der Waals surface area contributed by atoms with Crippen LogP contribution in [0.2, 0.25) is 0 Å². The number of hydrogen-bond acceptors (Lipinski definition) is 3. The highest BCUT2D eigenvalue weighted by Gasteiger charge is 2.16. The summed E-state index contributed by atoms with van der Waals surface area (Å²) in [7, 11) is 0. The van der Waals surface area contributed by atoms with E-state index in [1.54, 1.807) is 0 Å². The smallest absolute Gasteiger partial charge is 0.225 e. The Balaban J connectivity index is 1.45. The molecule has 0 saturated carbocycles. The van der Waals surface area contributed by atoms with Crippen LogP contribution in [-0.2, 0) is 17.8 Å². The van der Waals surface area contributed by atoms with Crippen LogP contribution >= 0.6 is 0 Å². The number of amides is 1. The minimum absolute atomic E-state index is 0.0522. The first kappa shape index (κ1) is 17.5.